The predicted octanol–water partition coefficient (Wildman–Crippen LogP) is 0.780. The number of nitrogens with zero attached hydrogens (tertiary/aromatic N) is 3. The van der Waals surface area contributed by atoms with Crippen molar-refractivity contribution >= 4 is 11.9 Å². The van der Waals surface area contributed by atoms with Gasteiger partial charge in [0.25, 0.3) is 0 Å². The van der Waals surface area contributed by atoms with E-state index in [1.54, 1.807) is 12.2 Å². The minimum Gasteiger partial charge on any atom is -0.368 e. The van der Waals surface area contributed by atoms with Crippen LogP contribution in [0.3, 0.4) is 0 Å². The van der Waals surface area contributed by atoms with Crippen molar-refractivity contribution in [3.05, 3.63) is 31.1 Å². The van der Waals surface area contributed by atoms with E-state index in [1.807, 2.05) is 0 Å². The summed E-state index contributed by atoms with van der Waals surface area (Å²) in [7, 11) is 0. The van der Waals surface area contributed by atoms with Crippen LogP contribution in [0, 0.1) is 0 Å². The molecule has 0 aliphatic rings. The molecule has 1 heterocycles. The number of rotatable bonds is 5. The molecular formula is C9H13N5. The lowest BCUT2D eigenvalue weighted by atomic mass is 10.4. The fourth-order valence-corrected chi connectivity index (χ4v) is 0.901. The van der Waals surface area contributed by atoms with Crippen molar-refractivity contribution in [2.45, 2.75) is 6.42 Å². The van der Waals surface area contributed by atoms with Crippen molar-refractivity contribution in [3.63, 3.8) is 0 Å². The van der Waals surface area contributed by atoms with Gasteiger partial charge in [0.1, 0.15) is 5.82 Å². The van der Waals surface area contributed by atoms with Gasteiger partial charge in [0.2, 0.25) is 11.9 Å². The predicted molar refractivity (Wildman–Crippen MR) is 56.8 cm³/mol. The fraction of sp³-hybridized carbons (Fsp3) is 0.222. The molecule has 14 heavy (non-hydrogen) atoms. The number of nitrogen functional groups attached to an aromatic ring is 1. The van der Waals surface area contributed by atoms with Crippen LogP contribution in [0.4, 0.5) is 11.9 Å². The zero-order valence-corrected chi connectivity index (χ0v) is 7.90. The summed E-state index contributed by atoms with van der Waals surface area (Å²) in [5.41, 5.74) is 5.50. The summed E-state index contributed by atoms with van der Waals surface area (Å²) in [6.45, 7) is 7.77. The number of hydrogen-bond donors (Lipinski definition) is 2. The molecule has 0 aliphatic heterocycles. The first-order chi connectivity index (χ1) is 6.76. The van der Waals surface area contributed by atoms with Gasteiger partial charge in [-0.05, 0) is 0 Å². The summed E-state index contributed by atoms with van der Waals surface area (Å²) in [6.07, 6.45) is 4.01. The van der Waals surface area contributed by atoms with Gasteiger partial charge in [-0.15, -0.1) is 13.2 Å². The molecule has 5 nitrogen and oxygen atoms in total. The van der Waals surface area contributed by atoms with Gasteiger partial charge >= 0.3 is 0 Å². The molecule has 5 heteroatoms. The Labute approximate surface area is 82.8 Å². The molecule has 0 atom stereocenters. The van der Waals surface area contributed by atoms with Gasteiger partial charge in [-0.1, -0.05) is 12.2 Å². The monoisotopic (exact) mass is 191 g/mol. The van der Waals surface area contributed by atoms with Crippen LogP contribution in [0.5, 0.6) is 0 Å². The second-order valence-electron chi connectivity index (χ2n) is 2.60. The van der Waals surface area contributed by atoms with E-state index in [0.29, 0.717) is 24.7 Å². The number of allylic oxidation sites excluding steroid dienone is 1. The third kappa shape index (κ3) is 2.85. The van der Waals surface area contributed by atoms with Crippen LogP contribution in [-0.4, -0.2) is 21.5 Å². The van der Waals surface area contributed by atoms with Crippen molar-refractivity contribution in [2.24, 2.45) is 0 Å². The van der Waals surface area contributed by atoms with E-state index in [-0.39, 0.29) is 5.95 Å². The molecule has 0 saturated carbocycles. The van der Waals surface area contributed by atoms with Gasteiger partial charge in [-0.25, -0.2) is 0 Å². The smallest absolute Gasteiger partial charge is 0.227 e. The molecule has 0 aromatic carbocycles. The van der Waals surface area contributed by atoms with Gasteiger partial charge in [0.05, 0.1) is 0 Å². The third-order valence-electron chi connectivity index (χ3n) is 1.43. The van der Waals surface area contributed by atoms with E-state index in [0.717, 1.165) is 0 Å². The standard InChI is InChI=1S/C9H13N5/c1-3-5-7-12-8(10)14-9(13-7)11-6-4-2/h3-4H,1-2,5-6H2,(H3,10,11,12,13,14). The van der Waals surface area contributed by atoms with Crippen molar-refractivity contribution in [1.82, 2.24) is 15.0 Å². The summed E-state index contributed by atoms with van der Waals surface area (Å²) >= 11 is 0. The molecule has 0 spiro atoms. The second-order valence-corrected chi connectivity index (χ2v) is 2.60. The van der Waals surface area contributed by atoms with Crippen molar-refractivity contribution in [1.29, 1.82) is 0 Å². The molecule has 0 amide bonds. The molecule has 74 valence electrons. The molecule has 1 aromatic heterocycles. The molecule has 0 bridgehead atoms. The third-order valence-corrected chi connectivity index (χ3v) is 1.43. The molecule has 0 fully saturated rings. The van der Waals surface area contributed by atoms with Gasteiger partial charge < -0.3 is 11.1 Å². The zero-order chi connectivity index (χ0) is 10.4. The Morgan fingerprint density at radius 2 is 2.00 bits per heavy atom. The number of nitrogens with two attached hydrogens (primary N) is 1. The lowest BCUT2D eigenvalue weighted by molar-refractivity contribution is 0.942. The van der Waals surface area contributed by atoms with E-state index in [1.165, 1.54) is 0 Å². The number of aromatic nitrogens is 3. The van der Waals surface area contributed by atoms with E-state index >= 15 is 0 Å². The van der Waals surface area contributed by atoms with Crippen LogP contribution in [0.15, 0.2) is 25.3 Å². The first-order valence-corrected chi connectivity index (χ1v) is 4.22. The van der Waals surface area contributed by atoms with Crippen molar-refractivity contribution < 1.29 is 0 Å². The van der Waals surface area contributed by atoms with Crippen LogP contribution < -0.4 is 11.1 Å². The maximum atomic E-state index is 5.50. The second kappa shape index (κ2) is 4.96. The average molecular weight is 191 g/mol. The Kier molecular flexibility index (Phi) is 3.60. The highest BCUT2D eigenvalue weighted by atomic mass is 15.2. The summed E-state index contributed by atoms with van der Waals surface area (Å²) in [6, 6.07) is 0. The molecule has 0 saturated heterocycles. The fourth-order valence-electron chi connectivity index (χ4n) is 0.901. The van der Waals surface area contributed by atoms with Gasteiger partial charge in [-0.3, -0.25) is 0 Å². The van der Waals surface area contributed by atoms with E-state index in [2.05, 4.69) is 33.4 Å². The Morgan fingerprint density at radius 3 is 2.64 bits per heavy atom. The maximum absolute atomic E-state index is 5.50. The lowest BCUT2D eigenvalue weighted by Crippen LogP contribution is -2.09. The SMILES string of the molecule is C=CCNc1nc(N)nc(CC=C)n1. The summed E-state index contributed by atoms with van der Waals surface area (Å²) in [4.78, 5) is 12.0. The summed E-state index contributed by atoms with van der Waals surface area (Å²) in [5, 5.41) is 2.94. The highest BCUT2D eigenvalue weighted by Crippen LogP contribution is 2.02. The number of anilines is 2. The molecule has 0 aliphatic carbocycles. The van der Waals surface area contributed by atoms with E-state index < -0.39 is 0 Å². The minimum atomic E-state index is 0.211. The number of nitrogens with one attached hydrogen (secondary N) is 1. The topological polar surface area (TPSA) is 76.7 Å². The Morgan fingerprint density at radius 1 is 1.21 bits per heavy atom. The van der Waals surface area contributed by atoms with Crippen LogP contribution in [0.2, 0.25) is 0 Å². The molecule has 3 N–H and O–H groups in total. The maximum Gasteiger partial charge on any atom is 0.227 e. The zero-order valence-electron chi connectivity index (χ0n) is 7.90. The van der Waals surface area contributed by atoms with Gasteiger partial charge in [-0.2, -0.15) is 15.0 Å². The molecule has 1 aromatic rings. The minimum absolute atomic E-state index is 0.211. The van der Waals surface area contributed by atoms with Crippen LogP contribution in [0.1, 0.15) is 5.82 Å². The molecular weight excluding hydrogens is 178 g/mol. The Balaban J connectivity index is 2.82. The van der Waals surface area contributed by atoms with Gasteiger partial charge in [0.15, 0.2) is 0 Å². The van der Waals surface area contributed by atoms with Crippen molar-refractivity contribution in [2.75, 3.05) is 17.6 Å². The van der Waals surface area contributed by atoms with Crippen LogP contribution in [0.25, 0.3) is 0 Å². The summed E-state index contributed by atoms with van der Waals surface area (Å²) in [5.74, 6) is 1.29. The largest absolute Gasteiger partial charge is 0.368 e. The van der Waals surface area contributed by atoms with Crippen LogP contribution >= 0.6 is 0 Å². The highest BCUT2D eigenvalue weighted by Gasteiger charge is 2.01. The Hall–Kier alpha value is -1.91. The van der Waals surface area contributed by atoms with Gasteiger partial charge in [0, 0.05) is 13.0 Å². The summed E-state index contributed by atoms with van der Waals surface area (Å²) < 4.78 is 0. The van der Waals surface area contributed by atoms with E-state index in [9.17, 15) is 0 Å². The first-order valence-electron chi connectivity index (χ1n) is 4.22. The molecule has 0 radical (unpaired) electrons. The van der Waals surface area contributed by atoms with E-state index in [4.69, 9.17) is 5.73 Å². The first kappa shape index (κ1) is 10.2. The lowest BCUT2D eigenvalue weighted by Gasteiger charge is -2.03. The Bertz CT molecular complexity index is 334. The molecule has 0 unspecified atom stereocenters. The quantitative estimate of drug-likeness (QED) is 0.672. The highest BCUT2D eigenvalue weighted by molar-refractivity contribution is 5.31. The number of hydrogen-bond acceptors (Lipinski definition) is 5. The average Bonchev–Trinajstić information content (AvgIpc) is 2.14. The van der Waals surface area contributed by atoms with Crippen LogP contribution in [-0.2, 0) is 6.42 Å². The normalized spacial score (nSPS) is 9.43. The molecule has 1 rings (SSSR count). The van der Waals surface area contributed by atoms with Crippen molar-refractivity contribution in [3.8, 4) is 0 Å².